The number of rotatable bonds is 2. The Kier molecular flexibility index (Phi) is 4.14. The van der Waals surface area contributed by atoms with E-state index in [0.29, 0.717) is 32.3 Å². The van der Waals surface area contributed by atoms with Crippen molar-refractivity contribution < 1.29 is 4.74 Å². The molecule has 0 amide bonds. The van der Waals surface area contributed by atoms with E-state index in [1.165, 1.54) is 0 Å². The topological polar surface area (TPSA) is 35.2 Å². The van der Waals surface area contributed by atoms with Crippen molar-refractivity contribution in [2.24, 2.45) is 0 Å². The second-order valence-corrected chi connectivity index (χ2v) is 5.45. The van der Waals surface area contributed by atoms with Crippen LogP contribution in [0.3, 0.4) is 0 Å². The van der Waals surface area contributed by atoms with Crippen molar-refractivity contribution >= 4 is 40.5 Å². The molecule has 0 aliphatic rings. The lowest BCUT2D eigenvalue weighted by Gasteiger charge is -2.15. The van der Waals surface area contributed by atoms with Gasteiger partial charge in [-0.25, -0.2) is 0 Å². The van der Waals surface area contributed by atoms with Crippen LogP contribution in [-0.2, 0) is 0 Å². The van der Waals surface area contributed by atoms with Crippen LogP contribution in [0.4, 0.5) is 5.69 Å². The first-order chi connectivity index (χ1) is 8.90. The van der Waals surface area contributed by atoms with Gasteiger partial charge in [0.05, 0.1) is 10.0 Å². The summed E-state index contributed by atoms with van der Waals surface area (Å²) in [4.78, 5) is 0. The Labute approximate surface area is 127 Å². The summed E-state index contributed by atoms with van der Waals surface area (Å²) in [6, 6.07) is 6.84. The Morgan fingerprint density at radius 1 is 1.05 bits per heavy atom. The number of nitrogen functional groups attached to an aromatic ring is 1. The molecule has 100 valence electrons. The number of hydrogen-bond donors (Lipinski definition) is 1. The Morgan fingerprint density at radius 3 is 2.37 bits per heavy atom. The maximum atomic E-state index is 6.26. The number of ether oxygens (including phenoxy) is 1. The highest BCUT2D eigenvalue weighted by Crippen LogP contribution is 2.40. The van der Waals surface area contributed by atoms with Gasteiger partial charge in [-0.05, 0) is 49.2 Å². The Morgan fingerprint density at radius 2 is 1.74 bits per heavy atom. The molecule has 0 bridgehead atoms. The van der Waals surface area contributed by atoms with Crippen molar-refractivity contribution in [1.29, 1.82) is 0 Å². The highest BCUT2D eigenvalue weighted by Gasteiger charge is 2.14. The first-order valence-corrected chi connectivity index (χ1v) is 6.71. The summed E-state index contributed by atoms with van der Waals surface area (Å²) in [6.07, 6.45) is 0. The fraction of sp³-hybridized carbons (Fsp3) is 0.143. The maximum absolute atomic E-state index is 6.26. The van der Waals surface area contributed by atoms with Crippen LogP contribution >= 0.6 is 34.8 Å². The van der Waals surface area contributed by atoms with Gasteiger partial charge in [0.15, 0.2) is 0 Å². The van der Waals surface area contributed by atoms with Crippen LogP contribution in [0.25, 0.3) is 0 Å². The van der Waals surface area contributed by atoms with Gasteiger partial charge in [-0.2, -0.15) is 0 Å². The summed E-state index contributed by atoms with van der Waals surface area (Å²) >= 11 is 18.2. The van der Waals surface area contributed by atoms with Crippen LogP contribution in [0.5, 0.6) is 11.5 Å². The third-order valence-electron chi connectivity index (χ3n) is 2.80. The summed E-state index contributed by atoms with van der Waals surface area (Å²) in [5.74, 6) is 1.05. The number of hydrogen-bond acceptors (Lipinski definition) is 2. The average Bonchev–Trinajstić information content (AvgIpc) is 2.34. The van der Waals surface area contributed by atoms with Gasteiger partial charge in [0, 0.05) is 10.7 Å². The molecule has 19 heavy (non-hydrogen) atoms. The summed E-state index contributed by atoms with van der Waals surface area (Å²) in [6.45, 7) is 3.72. The van der Waals surface area contributed by atoms with Crippen molar-refractivity contribution in [1.82, 2.24) is 0 Å². The number of anilines is 1. The molecule has 0 atom stereocenters. The number of aryl methyl sites for hydroxylation is 1. The molecule has 5 heteroatoms. The van der Waals surface area contributed by atoms with Gasteiger partial charge in [0.25, 0.3) is 0 Å². The fourth-order valence-corrected chi connectivity index (χ4v) is 2.41. The lowest BCUT2D eigenvalue weighted by molar-refractivity contribution is 0.479. The Hall–Kier alpha value is -1.09. The zero-order valence-corrected chi connectivity index (χ0v) is 12.7. The molecule has 0 heterocycles. The molecular formula is C14H12Cl3NO. The minimum Gasteiger partial charge on any atom is -0.454 e. The molecule has 0 radical (unpaired) electrons. The summed E-state index contributed by atoms with van der Waals surface area (Å²) < 4.78 is 5.78. The normalized spacial score (nSPS) is 10.6. The average molecular weight is 317 g/mol. The minimum atomic E-state index is 0.428. The zero-order valence-electron chi connectivity index (χ0n) is 10.4. The van der Waals surface area contributed by atoms with Crippen LogP contribution in [0.15, 0.2) is 24.3 Å². The van der Waals surface area contributed by atoms with Gasteiger partial charge in [-0.1, -0.05) is 34.8 Å². The van der Waals surface area contributed by atoms with Gasteiger partial charge >= 0.3 is 0 Å². The second kappa shape index (κ2) is 5.49. The molecule has 2 aromatic carbocycles. The van der Waals surface area contributed by atoms with Crippen molar-refractivity contribution in [2.75, 3.05) is 5.73 Å². The molecule has 0 aliphatic heterocycles. The molecule has 2 nitrogen and oxygen atoms in total. The number of benzene rings is 2. The maximum Gasteiger partial charge on any atom is 0.149 e. The first kappa shape index (κ1) is 14.3. The molecule has 0 saturated heterocycles. The van der Waals surface area contributed by atoms with E-state index in [9.17, 15) is 0 Å². The van der Waals surface area contributed by atoms with Crippen LogP contribution in [0.1, 0.15) is 11.1 Å². The lowest BCUT2D eigenvalue weighted by Crippen LogP contribution is -1.96. The van der Waals surface area contributed by atoms with Crippen LogP contribution in [-0.4, -0.2) is 0 Å². The van der Waals surface area contributed by atoms with E-state index >= 15 is 0 Å². The quantitative estimate of drug-likeness (QED) is 0.728. The predicted molar refractivity (Wildman–Crippen MR) is 81.9 cm³/mol. The monoisotopic (exact) mass is 315 g/mol. The van der Waals surface area contributed by atoms with Gasteiger partial charge in [0.2, 0.25) is 0 Å². The van der Waals surface area contributed by atoms with Gasteiger partial charge in [-0.3, -0.25) is 0 Å². The number of halogens is 3. The van der Waals surface area contributed by atoms with E-state index in [-0.39, 0.29) is 0 Å². The lowest BCUT2D eigenvalue weighted by atomic mass is 10.1. The highest BCUT2D eigenvalue weighted by molar-refractivity contribution is 6.35. The van der Waals surface area contributed by atoms with Gasteiger partial charge in [0.1, 0.15) is 11.5 Å². The van der Waals surface area contributed by atoms with Crippen LogP contribution < -0.4 is 10.5 Å². The molecule has 0 aliphatic carbocycles. The Balaban J connectivity index is 2.47. The SMILES string of the molecule is Cc1cc(N)c(C)c(Cl)c1Oc1ccc(Cl)cc1Cl. The summed E-state index contributed by atoms with van der Waals surface area (Å²) in [7, 11) is 0. The molecule has 2 aromatic rings. The van der Waals surface area contributed by atoms with Crippen molar-refractivity contribution in [3.63, 3.8) is 0 Å². The van der Waals surface area contributed by atoms with E-state index in [4.69, 9.17) is 45.3 Å². The van der Waals surface area contributed by atoms with Gasteiger partial charge < -0.3 is 10.5 Å². The minimum absolute atomic E-state index is 0.428. The molecule has 2 rings (SSSR count). The largest absolute Gasteiger partial charge is 0.454 e. The molecule has 0 fully saturated rings. The zero-order chi connectivity index (χ0) is 14.2. The third-order valence-corrected chi connectivity index (χ3v) is 3.78. The number of nitrogens with two attached hydrogens (primary N) is 1. The third kappa shape index (κ3) is 2.92. The van der Waals surface area contributed by atoms with Crippen molar-refractivity contribution in [3.05, 3.63) is 50.5 Å². The van der Waals surface area contributed by atoms with E-state index in [2.05, 4.69) is 0 Å². The van der Waals surface area contributed by atoms with Crippen LogP contribution in [0.2, 0.25) is 15.1 Å². The standard InChI is InChI=1S/C14H12Cl3NO/c1-7-5-11(18)8(2)13(17)14(7)19-12-4-3-9(15)6-10(12)16/h3-6H,18H2,1-2H3. The highest BCUT2D eigenvalue weighted by atomic mass is 35.5. The molecule has 2 N–H and O–H groups in total. The molecule has 0 saturated carbocycles. The van der Waals surface area contributed by atoms with Crippen molar-refractivity contribution in [2.45, 2.75) is 13.8 Å². The molecule has 0 unspecified atom stereocenters. The molecular weight excluding hydrogens is 305 g/mol. The smallest absolute Gasteiger partial charge is 0.149 e. The molecule has 0 aromatic heterocycles. The fourth-order valence-electron chi connectivity index (χ4n) is 1.67. The van der Waals surface area contributed by atoms with E-state index in [1.54, 1.807) is 18.2 Å². The molecule has 0 spiro atoms. The second-order valence-electron chi connectivity index (χ2n) is 4.23. The van der Waals surface area contributed by atoms with Gasteiger partial charge in [-0.15, -0.1) is 0 Å². The van der Waals surface area contributed by atoms with Crippen LogP contribution in [0, 0.1) is 13.8 Å². The van der Waals surface area contributed by atoms with E-state index in [0.717, 1.165) is 11.1 Å². The predicted octanol–water partition coefficient (Wildman–Crippen LogP) is 5.64. The summed E-state index contributed by atoms with van der Waals surface area (Å²) in [5.41, 5.74) is 8.12. The first-order valence-electron chi connectivity index (χ1n) is 5.58. The van der Waals surface area contributed by atoms with E-state index in [1.807, 2.05) is 19.9 Å². The summed E-state index contributed by atoms with van der Waals surface area (Å²) in [5, 5.41) is 1.47. The van der Waals surface area contributed by atoms with E-state index < -0.39 is 0 Å². The van der Waals surface area contributed by atoms with Crippen molar-refractivity contribution in [3.8, 4) is 11.5 Å². The Bertz CT molecular complexity index is 641.